The van der Waals surface area contributed by atoms with Crippen LogP contribution in [0.15, 0.2) is 23.0 Å². The quantitative estimate of drug-likeness (QED) is 0.644. The van der Waals surface area contributed by atoms with E-state index in [2.05, 4.69) is 0 Å². The number of hydrogen-bond donors (Lipinski definition) is 1. The van der Waals surface area contributed by atoms with Crippen molar-refractivity contribution in [2.24, 2.45) is 0 Å². The van der Waals surface area contributed by atoms with Crippen molar-refractivity contribution in [2.45, 2.75) is 19.3 Å². The van der Waals surface area contributed by atoms with E-state index in [1.54, 1.807) is 12.5 Å². The van der Waals surface area contributed by atoms with Gasteiger partial charge in [0.15, 0.2) is 0 Å². The molecule has 0 aliphatic rings. The summed E-state index contributed by atoms with van der Waals surface area (Å²) in [7, 11) is 0. The average Bonchev–Trinajstić information content (AvgIpc) is 2.41. The van der Waals surface area contributed by atoms with Crippen molar-refractivity contribution in [3.63, 3.8) is 0 Å². The van der Waals surface area contributed by atoms with Gasteiger partial charge in [0, 0.05) is 6.61 Å². The van der Waals surface area contributed by atoms with Crippen molar-refractivity contribution < 1.29 is 9.52 Å². The predicted molar refractivity (Wildman–Crippen MR) is 38.7 cm³/mol. The highest BCUT2D eigenvalue weighted by molar-refractivity contribution is 5.04. The molecule has 0 aliphatic heterocycles. The molecule has 10 heavy (non-hydrogen) atoms. The summed E-state index contributed by atoms with van der Waals surface area (Å²) < 4.78 is 4.88. The summed E-state index contributed by atoms with van der Waals surface area (Å²) >= 11 is 0. The highest BCUT2D eigenvalue weighted by Crippen LogP contribution is 2.04. The third kappa shape index (κ3) is 2.23. The van der Waals surface area contributed by atoms with E-state index >= 15 is 0 Å². The monoisotopic (exact) mass is 140 g/mol. The molecule has 0 spiro atoms. The van der Waals surface area contributed by atoms with Crippen molar-refractivity contribution in [1.29, 1.82) is 0 Å². The maximum atomic E-state index is 8.47. The summed E-state index contributed by atoms with van der Waals surface area (Å²) in [5.74, 6) is 0. The molecule has 0 aliphatic carbocycles. The molecule has 0 amide bonds. The van der Waals surface area contributed by atoms with Crippen LogP contribution in [0.25, 0.3) is 0 Å². The van der Waals surface area contributed by atoms with Gasteiger partial charge in [0.05, 0.1) is 12.5 Å². The molecule has 1 aromatic rings. The zero-order chi connectivity index (χ0) is 7.23. The summed E-state index contributed by atoms with van der Waals surface area (Å²) in [5, 5.41) is 8.47. The summed E-state index contributed by atoms with van der Waals surface area (Å²) in [4.78, 5) is 0. The van der Waals surface area contributed by atoms with Gasteiger partial charge < -0.3 is 9.52 Å². The molecule has 0 saturated carbocycles. The molecule has 0 radical (unpaired) electrons. The summed E-state index contributed by atoms with van der Waals surface area (Å²) in [6, 6.07) is 1.96. The SMILES string of the molecule is OCCCCc1ccoc1. The molecule has 0 unspecified atom stereocenters. The molecule has 1 N–H and O–H groups in total. The highest BCUT2D eigenvalue weighted by atomic mass is 16.3. The molecule has 2 heteroatoms. The zero-order valence-electron chi connectivity index (χ0n) is 5.92. The Morgan fingerprint density at radius 1 is 1.40 bits per heavy atom. The minimum Gasteiger partial charge on any atom is -0.472 e. The standard InChI is InChI=1S/C8H12O2/c9-5-2-1-3-8-4-6-10-7-8/h4,6-7,9H,1-3,5H2. The Kier molecular flexibility index (Phi) is 3.03. The first-order valence-electron chi connectivity index (χ1n) is 3.55. The number of rotatable bonds is 4. The lowest BCUT2D eigenvalue weighted by molar-refractivity contribution is 0.284. The Balaban J connectivity index is 2.15. The topological polar surface area (TPSA) is 33.4 Å². The normalized spacial score (nSPS) is 10.1. The van der Waals surface area contributed by atoms with Crippen LogP contribution in [0.5, 0.6) is 0 Å². The van der Waals surface area contributed by atoms with Crippen LogP contribution in [0.2, 0.25) is 0 Å². The molecular weight excluding hydrogens is 128 g/mol. The zero-order valence-corrected chi connectivity index (χ0v) is 5.92. The molecule has 1 aromatic heterocycles. The molecule has 1 heterocycles. The fourth-order valence-corrected chi connectivity index (χ4v) is 0.876. The fourth-order valence-electron chi connectivity index (χ4n) is 0.876. The van der Waals surface area contributed by atoms with Gasteiger partial charge in [0.1, 0.15) is 0 Å². The van der Waals surface area contributed by atoms with E-state index in [0.717, 1.165) is 19.3 Å². The second-order valence-electron chi connectivity index (χ2n) is 2.31. The molecule has 0 saturated heterocycles. The lowest BCUT2D eigenvalue weighted by atomic mass is 10.1. The number of aryl methyl sites for hydroxylation is 1. The third-order valence-electron chi connectivity index (χ3n) is 1.45. The van der Waals surface area contributed by atoms with Gasteiger partial charge in [-0.25, -0.2) is 0 Å². The molecule has 0 atom stereocenters. The first-order valence-corrected chi connectivity index (χ1v) is 3.55. The Bertz CT molecular complexity index is 156. The molecule has 1 rings (SSSR count). The number of hydrogen-bond acceptors (Lipinski definition) is 2. The van der Waals surface area contributed by atoms with Crippen molar-refractivity contribution in [2.75, 3.05) is 6.61 Å². The summed E-state index contributed by atoms with van der Waals surface area (Å²) in [6.45, 7) is 0.290. The van der Waals surface area contributed by atoms with E-state index in [4.69, 9.17) is 9.52 Å². The lowest BCUT2D eigenvalue weighted by Gasteiger charge is -1.92. The van der Waals surface area contributed by atoms with E-state index < -0.39 is 0 Å². The number of aliphatic hydroxyl groups is 1. The summed E-state index contributed by atoms with van der Waals surface area (Å²) in [5.41, 5.74) is 1.22. The van der Waals surface area contributed by atoms with Gasteiger partial charge in [-0.2, -0.15) is 0 Å². The predicted octanol–water partition coefficient (Wildman–Crippen LogP) is 1.59. The van der Waals surface area contributed by atoms with Crippen molar-refractivity contribution in [1.82, 2.24) is 0 Å². The fraction of sp³-hybridized carbons (Fsp3) is 0.500. The first kappa shape index (κ1) is 7.35. The number of aliphatic hydroxyl groups excluding tert-OH is 1. The Hall–Kier alpha value is -0.760. The smallest absolute Gasteiger partial charge is 0.0934 e. The van der Waals surface area contributed by atoms with Crippen LogP contribution in [0.4, 0.5) is 0 Å². The van der Waals surface area contributed by atoms with Gasteiger partial charge in [-0.05, 0) is 30.9 Å². The van der Waals surface area contributed by atoms with E-state index in [1.807, 2.05) is 6.07 Å². The van der Waals surface area contributed by atoms with Crippen LogP contribution >= 0.6 is 0 Å². The number of unbranched alkanes of at least 4 members (excludes halogenated alkanes) is 1. The second kappa shape index (κ2) is 4.12. The van der Waals surface area contributed by atoms with Gasteiger partial charge in [0.2, 0.25) is 0 Å². The van der Waals surface area contributed by atoms with Crippen molar-refractivity contribution in [3.8, 4) is 0 Å². The van der Waals surface area contributed by atoms with Crippen molar-refractivity contribution >= 4 is 0 Å². The Labute approximate surface area is 60.5 Å². The van der Waals surface area contributed by atoms with Gasteiger partial charge in [-0.1, -0.05) is 0 Å². The molecule has 56 valence electrons. The van der Waals surface area contributed by atoms with E-state index in [-0.39, 0.29) is 6.61 Å². The van der Waals surface area contributed by atoms with Crippen LogP contribution in [0.1, 0.15) is 18.4 Å². The number of furan rings is 1. The van der Waals surface area contributed by atoms with Crippen molar-refractivity contribution in [3.05, 3.63) is 24.2 Å². The van der Waals surface area contributed by atoms with Gasteiger partial charge in [0.25, 0.3) is 0 Å². The van der Waals surface area contributed by atoms with Crippen LogP contribution in [0, 0.1) is 0 Å². The van der Waals surface area contributed by atoms with Crippen LogP contribution in [-0.4, -0.2) is 11.7 Å². The van der Waals surface area contributed by atoms with E-state index in [0.29, 0.717) is 0 Å². The molecule has 0 aromatic carbocycles. The van der Waals surface area contributed by atoms with Crippen LogP contribution < -0.4 is 0 Å². The van der Waals surface area contributed by atoms with E-state index in [9.17, 15) is 0 Å². The minimum absolute atomic E-state index is 0.290. The van der Waals surface area contributed by atoms with Gasteiger partial charge in [-0.15, -0.1) is 0 Å². The van der Waals surface area contributed by atoms with Crippen LogP contribution in [0.3, 0.4) is 0 Å². The minimum atomic E-state index is 0.290. The van der Waals surface area contributed by atoms with E-state index in [1.165, 1.54) is 5.56 Å². The molecule has 2 nitrogen and oxygen atoms in total. The largest absolute Gasteiger partial charge is 0.472 e. The van der Waals surface area contributed by atoms with Gasteiger partial charge >= 0.3 is 0 Å². The highest BCUT2D eigenvalue weighted by Gasteiger charge is 1.92. The average molecular weight is 140 g/mol. The molecule has 0 fully saturated rings. The maximum absolute atomic E-state index is 8.47. The first-order chi connectivity index (χ1) is 4.93. The van der Waals surface area contributed by atoms with Gasteiger partial charge in [-0.3, -0.25) is 0 Å². The summed E-state index contributed by atoms with van der Waals surface area (Å²) in [6.07, 6.45) is 6.35. The third-order valence-corrected chi connectivity index (χ3v) is 1.45. The second-order valence-corrected chi connectivity index (χ2v) is 2.31. The molecule has 0 bridgehead atoms. The molecular formula is C8H12O2. The van der Waals surface area contributed by atoms with Crippen LogP contribution in [-0.2, 0) is 6.42 Å². The Morgan fingerprint density at radius 2 is 2.30 bits per heavy atom. The Morgan fingerprint density at radius 3 is 2.90 bits per heavy atom. The lowest BCUT2D eigenvalue weighted by Crippen LogP contribution is -1.85. The maximum Gasteiger partial charge on any atom is 0.0934 e.